The van der Waals surface area contributed by atoms with Gasteiger partial charge in [0.15, 0.2) is 0 Å². The van der Waals surface area contributed by atoms with E-state index < -0.39 is 0 Å². The van der Waals surface area contributed by atoms with E-state index in [-0.39, 0.29) is 24.4 Å². The van der Waals surface area contributed by atoms with Gasteiger partial charge in [0.1, 0.15) is 5.82 Å². The number of hydrogen-bond donors (Lipinski definition) is 2. The Morgan fingerprint density at radius 1 is 1.30 bits per heavy atom. The molecule has 1 aliphatic heterocycles. The molecule has 1 fully saturated rings. The highest BCUT2D eigenvalue weighted by Crippen LogP contribution is 2.24. The summed E-state index contributed by atoms with van der Waals surface area (Å²) in [6.07, 6.45) is 5.58. The minimum atomic E-state index is 0. The van der Waals surface area contributed by atoms with Crippen molar-refractivity contribution in [2.75, 3.05) is 31.5 Å². The number of imidazole rings is 1. The fourth-order valence-electron chi connectivity index (χ4n) is 3.65. The Bertz CT molecular complexity index is 738. The van der Waals surface area contributed by atoms with Gasteiger partial charge in [-0.2, -0.15) is 0 Å². The van der Waals surface area contributed by atoms with Gasteiger partial charge in [0.05, 0.1) is 12.6 Å². The standard InChI is InChI=1S/C20H29N5O.ClH/c1-4-15-7-6-8-16(5-2)19(15)23-18(26)14-25-12-9-21-13-17(25)20-22-10-11-24(20)3;/h6-8,10-11,17,21H,4-5,9,12-14H2,1-3H3,(H,23,26);1H. The molecule has 2 aromatic rings. The van der Waals surface area contributed by atoms with E-state index >= 15 is 0 Å². The van der Waals surface area contributed by atoms with Crippen LogP contribution in [0.25, 0.3) is 0 Å². The van der Waals surface area contributed by atoms with E-state index in [4.69, 9.17) is 0 Å². The molecule has 0 saturated carbocycles. The zero-order valence-electron chi connectivity index (χ0n) is 16.4. The van der Waals surface area contributed by atoms with Crippen molar-refractivity contribution in [2.24, 2.45) is 7.05 Å². The predicted molar refractivity (Wildman–Crippen MR) is 111 cm³/mol. The van der Waals surface area contributed by atoms with Crippen LogP contribution in [0.2, 0.25) is 0 Å². The third-order valence-corrected chi connectivity index (χ3v) is 5.12. The fraction of sp³-hybridized carbons (Fsp3) is 0.500. The van der Waals surface area contributed by atoms with Crippen molar-refractivity contribution < 1.29 is 4.79 Å². The normalized spacial score (nSPS) is 17.4. The van der Waals surface area contributed by atoms with E-state index in [1.165, 1.54) is 11.1 Å². The van der Waals surface area contributed by atoms with Gasteiger partial charge in [-0.25, -0.2) is 4.98 Å². The summed E-state index contributed by atoms with van der Waals surface area (Å²) in [7, 11) is 2.00. The first kappa shape index (κ1) is 21.4. The quantitative estimate of drug-likeness (QED) is 0.794. The number of rotatable bonds is 6. The minimum Gasteiger partial charge on any atom is -0.337 e. The summed E-state index contributed by atoms with van der Waals surface area (Å²) in [5, 5.41) is 6.59. The second kappa shape index (κ2) is 9.88. The fourth-order valence-corrected chi connectivity index (χ4v) is 3.65. The van der Waals surface area contributed by atoms with Crippen LogP contribution in [0.1, 0.15) is 36.8 Å². The molecular formula is C20H30ClN5O. The molecule has 1 amide bonds. The Morgan fingerprint density at radius 3 is 2.59 bits per heavy atom. The second-order valence-corrected chi connectivity index (χ2v) is 6.79. The Hall–Kier alpha value is -1.89. The van der Waals surface area contributed by atoms with Crippen LogP contribution in [0.15, 0.2) is 30.6 Å². The summed E-state index contributed by atoms with van der Waals surface area (Å²) in [5.74, 6) is 1.04. The number of carbonyl (C=O) groups excluding carboxylic acids is 1. The number of nitrogens with one attached hydrogen (secondary N) is 2. The second-order valence-electron chi connectivity index (χ2n) is 6.79. The van der Waals surface area contributed by atoms with Crippen LogP contribution in [0.4, 0.5) is 5.69 Å². The maximum atomic E-state index is 12.8. The van der Waals surface area contributed by atoms with Crippen molar-refractivity contribution >= 4 is 24.0 Å². The van der Waals surface area contributed by atoms with E-state index in [1.807, 2.05) is 24.0 Å². The van der Waals surface area contributed by atoms with Gasteiger partial charge in [0.2, 0.25) is 5.91 Å². The number of hydrogen-bond acceptors (Lipinski definition) is 4. The maximum absolute atomic E-state index is 12.8. The SMILES string of the molecule is CCc1cccc(CC)c1NC(=O)CN1CCNCC1c1nccn1C.Cl. The molecule has 27 heavy (non-hydrogen) atoms. The van der Waals surface area contributed by atoms with Crippen LogP contribution in [0, 0.1) is 0 Å². The lowest BCUT2D eigenvalue weighted by Gasteiger charge is -2.35. The highest BCUT2D eigenvalue weighted by Gasteiger charge is 2.28. The molecule has 7 heteroatoms. The monoisotopic (exact) mass is 391 g/mol. The van der Waals surface area contributed by atoms with Crippen LogP contribution in [-0.4, -0.2) is 46.5 Å². The van der Waals surface area contributed by atoms with Crippen molar-refractivity contribution in [3.8, 4) is 0 Å². The van der Waals surface area contributed by atoms with Crippen molar-refractivity contribution in [1.82, 2.24) is 19.8 Å². The van der Waals surface area contributed by atoms with Gasteiger partial charge < -0.3 is 15.2 Å². The molecule has 1 atom stereocenters. The Balaban J connectivity index is 0.00000261. The van der Waals surface area contributed by atoms with Crippen molar-refractivity contribution in [2.45, 2.75) is 32.7 Å². The Labute approximate surface area is 167 Å². The predicted octanol–water partition coefficient (Wildman–Crippen LogP) is 2.55. The van der Waals surface area contributed by atoms with E-state index in [0.29, 0.717) is 6.54 Å². The molecule has 0 bridgehead atoms. The average molecular weight is 392 g/mol. The first-order chi connectivity index (χ1) is 12.6. The molecule has 1 aliphatic rings. The number of carbonyl (C=O) groups is 1. The summed E-state index contributed by atoms with van der Waals surface area (Å²) in [4.78, 5) is 19.5. The van der Waals surface area contributed by atoms with E-state index in [0.717, 1.165) is 44.0 Å². The maximum Gasteiger partial charge on any atom is 0.238 e. The Morgan fingerprint density at radius 2 is 2.00 bits per heavy atom. The van der Waals surface area contributed by atoms with E-state index in [1.54, 1.807) is 0 Å². The molecule has 1 aromatic heterocycles. The van der Waals surface area contributed by atoms with Gasteiger partial charge in [0.25, 0.3) is 0 Å². The number of aromatic nitrogens is 2. The highest BCUT2D eigenvalue weighted by molar-refractivity contribution is 5.94. The zero-order chi connectivity index (χ0) is 18.5. The molecule has 2 N–H and O–H groups in total. The summed E-state index contributed by atoms with van der Waals surface area (Å²) >= 11 is 0. The topological polar surface area (TPSA) is 62.2 Å². The zero-order valence-corrected chi connectivity index (χ0v) is 17.2. The number of anilines is 1. The number of benzene rings is 1. The largest absolute Gasteiger partial charge is 0.337 e. The first-order valence-corrected chi connectivity index (χ1v) is 9.46. The molecule has 0 aliphatic carbocycles. The van der Waals surface area contributed by atoms with Gasteiger partial charge >= 0.3 is 0 Å². The Kier molecular flexibility index (Phi) is 7.83. The average Bonchev–Trinajstić information content (AvgIpc) is 3.08. The molecule has 148 valence electrons. The summed E-state index contributed by atoms with van der Waals surface area (Å²) in [6.45, 7) is 7.15. The van der Waals surface area contributed by atoms with Crippen molar-refractivity contribution in [1.29, 1.82) is 0 Å². The van der Waals surface area contributed by atoms with Gasteiger partial charge in [-0.1, -0.05) is 32.0 Å². The highest BCUT2D eigenvalue weighted by atomic mass is 35.5. The molecule has 1 unspecified atom stereocenters. The number of aryl methyl sites for hydroxylation is 3. The lowest BCUT2D eigenvalue weighted by atomic mass is 10.0. The van der Waals surface area contributed by atoms with Crippen molar-refractivity contribution in [3.05, 3.63) is 47.5 Å². The molecule has 0 spiro atoms. The lowest BCUT2D eigenvalue weighted by molar-refractivity contribution is -0.118. The summed E-state index contributed by atoms with van der Waals surface area (Å²) in [6, 6.07) is 6.37. The number of halogens is 1. The molecular weight excluding hydrogens is 362 g/mol. The van der Waals surface area contributed by atoms with E-state index in [2.05, 4.69) is 52.6 Å². The molecule has 2 heterocycles. The third-order valence-electron chi connectivity index (χ3n) is 5.12. The molecule has 3 rings (SSSR count). The number of nitrogens with zero attached hydrogens (tertiary/aromatic N) is 3. The van der Waals surface area contributed by atoms with Crippen LogP contribution in [0.5, 0.6) is 0 Å². The number of piperazine rings is 1. The summed E-state index contributed by atoms with van der Waals surface area (Å²) in [5.41, 5.74) is 3.38. The van der Waals surface area contributed by atoms with Gasteiger partial charge in [-0.05, 0) is 24.0 Å². The van der Waals surface area contributed by atoms with Gasteiger partial charge in [-0.3, -0.25) is 9.69 Å². The number of para-hydroxylation sites is 1. The molecule has 6 nitrogen and oxygen atoms in total. The van der Waals surface area contributed by atoms with E-state index in [9.17, 15) is 4.79 Å². The first-order valence-electron chi connectivity index (χ1n) is 9.46. The summed E-state index contributed by atoms with van der Waals surface area (Å²) < 4.78 is 2.03. The van der Waals surface area contributed by atoms with Crippen LogP contribution >= 0.6 is 12.4 Å². The molecule has 0 radical (unpaired) electrons. The van der Waals surface area contributed by atoms with Crippen LogP contribution < -0.4 is 10.6 Å². The molecule has 1 aromatic carbocycles. The third kappa shape index (κ3) is 4.89. The number of amides is 1. The lowest BCUT2D eigenvalue weighted by Crippen LogP contribution is -2.49. The van der Waals surface area contributed by atoms with Crippen LogP contribution in [0.3, 0.4) is 0 Å². The smallest absolute Gasteiger partial charge is 0.238 e. The molecule has 1 saturated heterocycles. The van der Waals surface area contributed by atoms with Crippen LogP contribution in [-0.2, 0) is 24.7 Å². The van der Waals surface area contributed by atoms with Crippen molar-refractivity contribution in [3.63, 3.8) is 0 Å². The van der Waals surface area contributed by atoms with Gasteiger partial charge in [-0.15, -0.1) is 12.4 Å². The minimum absolute atomic E-state index is 0. The van der Waals surface area contributed by atoms with Gasteiger partial charge in [0, 0.05) is 44.8 Å².